The summed E-state index contributed by atoms with van der Waals surface area (Å²) >= 11 is 0. The Morgan fingerprint density at radius 3 is 0.941 bits per heavy atom. The average Bonchev–Trinajstić information content (AvgIpc) is 2.37. The largest absolute Gasteiger partial charge is 2.00 e. The smallest absolute Gasteiger partial charge is 0.666 e. The third-order valence-electron chi connectivity index (χ3n) is 1.85. The van der Waals surface area contributed by atoms with Gasteiger partial charge in [0.05, 0.1) is 0 Å². The molecule has 0 spiro atoms. The van der Waals surface area contributed by atoms with Crippen molar-refractivity contribution in [2.24, 2.45) is 0 Å². The summed E-state index contributed by atoms with van der Waals surface area (Å²) in [6, 6.07) is 0. The van der Waals surface area contributed by atoms with Crippen LogP contribution in [0.5, 0.6) is 0 Å². The molecule has 0 heterocycles. The van der Waals surface area contributed by atoms with E-state index in [0.717, 1.165) is 0 Å². The van der Waals surface area contributed by atoms with E-state index in [1.54, 1.807) is 0 Å². The number of rotatable bonds is 6. The minimum absolute atomic E-state index is 0. The maximum Gasteiger partial charge on any atom is 2.00 e. The van der Waals surface area contributed by atoms with Gasteiger partial charge in [0.15, 0.2) is 0 Å². The van der Waals surface area contributed by atoms with Gasteiger partial charge in [0.1, 0.15) is 6.61 Å². The van der Waals surface area contributed by atoms with E-state index in [2.05, 4.69) is 0 Å². The standard InChI is InChI=1S/2C4H10NO3.Cu/c2*5-4(1-6,2-7)3-8;/h2*5-8H,1-3H2;/q2*-1;+2/p+1. The van der Waals surface area contributed by atoms with Crippen LogP contribution in [0.4, 0.5) is 0 Å². The fourth-order valence-corrected chi connectivity index (χ4v) is 0.312. The number of hydrogen-bond donors (Lipinski definition) is 5. The maximum atomic E-state index is 8.32. The van der Waals surface area contributed by atoms with E-state index in [1.165, 1.54) is 0 Å². The van der Waals surface area contributed by atoms with Crippen LogP contribution in [0.3, 0.4) is 0 Å². The van der Waals surface area contributed by atoms with Crippen LogP contribution >= 0.6 is 0 Å². The first-order chi connectivity index (χ1) is 7.36. The number of hydrogen-bond acceptors (Lipinski definition) is 5. The Labute approximate surface area is 110 Å². The van der Waals surface area contributed by atoms with Crippen LogP contribution < -0.4 is 0 Å². The molecule has 0 aliphatic heterocycles. The normalized spacial score (nSPS) is 11.3. The second-order valence-corrected chi connectivity index (χ2v) is 3.53. The molecular formula is C8H21CuN2O6+. The summed E-state index contributed by atoms with van der Waals surface area (Å²) in [5.41, 5.74) is 11.1. The molecule has 0 aliphatic rings. The van der Waals surface area contributed by atoms with Gasteiger partial charge in [-0.3, -0.25) is 0 Å². The van der Waals surface area contributed by atoms with Gasteiger partial charge in [-0.2, -0.15) is 0 Å². The second-order valence-electron chi connectivity index (χ2n) is 3.53. The van der Waals surface area contributed by atoms with Gasteiger partial charge in [0.2, 0.25) is 0 Å². The Balaban J connectivity index is -0.000000218. The van der Waals surface area contributed by atoms with Gasteiger partial charge in [0.25, 0.3) is 0 Å². The third-order valence-corrected chi connectivity index (χ3v) is 1.85. The van der Waals surface area contributed by atoms with Crippen LogP contribution in [-0.2, 0) is 17.1 Å². The molecule has 0 amide bonds. The molecule has 109 valence electrons. The van der Waals surface area contributed by atoms with E-state index in [4.69, 9.17) is 42.1 Å². The predicted molar refractivity (Wildman–Crippen MR) is 58.0 cm³/mol. The van der Waals surface area contributed by atoms with Crippen LogP contribution in [0.2, 0.25) is 0 Å². The molecule has 8 nitrogen and oxygen atoms in total. The summed E-state index contributed by atoms with van der Waals surface area (Å²) in [4.78, 5) is 0. The van der Waals surface area contributed by atoms with Gasteiger partial charge in [0, 0.05) is 33.0 Å². The van der Waals surface area contributed by atoms with Crippen LogP contribution in [0.1, 0.15) is 0 Å². The number of nitrogens with one attached hydrogen (secondary N) is 2. The average molecular weight is 305 g/mol. The number of aliphatic hydroxyl groups excluding tert-OH is 5. The molecule has 0 saturated heterocycles. The van der Waals surface area contributed by atoms with Crippen molar-refractivity contribution in [1.29, 1.82) is 0 Å². The number of aliphatic hydroxyl groups is 5. The summed E-state index contributed by atoms with van der Waals surface area (Å²) in [5, 5.41) is 48.1. The van der Waals surface area contributed by atoms with E-state index < -0.39 is 44.1 Å². The first-order valence-electron chi connectivity index (χ1n) is 4.56. The summed E-state index contributed by atoms with van der Waals surface area (Å²) in [6.07, 6.45) is 0. The Bertz CT molecular complexity index is 132. The van der Waals surface area contributed by atoms with Crippen molar-refractivity contribution in [3.05, 3.63) is 11.5 Å². The predicted octanol–water partition coefficient (Wildman–Crippen LogP) is -2.76. The monoisotopic (exact) mass is 304 g/mol. The van der Waals surface area contributed by atoms with Crippen molar-refractivity contribution in [3.63, 3.8) is 0 Å². The molecule has 1 radical (unpaired) electrons. The summed E-state index contributed by atoms with van der Waals surface area (Å²) in [7, 11) is 0. The second kappa shape index (κ2) is 11.3. The fraction of sp³-hybridized carbons (Fsp3) is 1.00. The Hall–Kier alpha value is 0.199. The Morgan fingerprint density at radius 2 is 0.941 bits per heavy atom. The molecular weight excluding hydrogens is 284 g/mol. The van der Waals surface area contributed by atoms with Crippen molar-refractivity contribution in [2.45, 2.75) is 11.1 Å². The molecule has 0 rings (SSSR count). The molecule has 0 fully saturated rings. The van der Waals surface area contributed by atoms with Gasteiger partial charge >= 0.3 is 17.1 Å². The minimum Gasteiger partial charge on any atom is -0.666 e. The summed E-state index contributed by atoms with van der Waals surface area (Å²) < 4.78 is 0. The molecule has 0 saturated carbocycles. The van der Waals surface area contributed by atoms with Gasteiger partial charge in [-0.15, -0.1) is 0 Å². The van der Waals surface area contributed by atoms with E-state index >= 15 is 0 Å². The molecule has 0 atom stereocenters. The van der Waals surface area contributed by atoms with Crippen molar-refractivity contribution < 1.29 is 47.7 Å². The molecule has 9 N–H and O–H groups in total. The van der Waals surface area contributed by atoms with E-state index in [0.29, 0.717) is 0 Å². The van der Waals surface area contributed by atoms with Gasteiger partial charge < -0.3 is 42.1 Å². The quantitative estimate of drug-likeness (QED) is 0.264. The zero-order chi connectivity index (χ0) is 13.2. The van der Waals surface area contributed by atoms with Crippen molar-refractivity contribution in [2.75, 3.05) is 39.6 Å². The Kier molecular flexibility index (Phi) is 14.9. The molecule has 0 bridgehead atoms. The molecule has 0 aromatic heterocycles. The van der Waals surface area contributed by atoms with Crippen LogP contribution in [0, 0.1) is 0 Å². The fourth-order valence-electron chi connectivity index (χ4n) is 0.312. The third kappa shape index (κ3) is 9.86. The SMILES string of the molecule is [Cu+2].[NH-]C(CO)(CO)CO.[NH-]C(CO)(CO)C[OH2+]. The molecule has 0 aromatic carbocycles. The van der Waals surface area contributed by atoms with Crippen molar-refractivity contribution in [1.82, 2.24) is 0 Å². The van der Waals surface area contributed by atoms with E-state index in [1.807, 2.05) is 0 Å². The maximum absolute atomic E-state index is 8.32. The first-order valence-corrected chi connectivity index (χ1v) is 4.56. The van der Waals surface area contributed by atoms with E-state index in [-0.39, 0.29) is 23.7 Å². The molecule has 17 heavy (non-hydrogen) atoms. The van der Waals surface area contributed by atoms with Gasteiger partial charge in [-0.25, -0.2) is 0 Å². The molecule has 0 aromatic rings. The van der Waals surface area contributed by atoms with Crippen LogP contribution in [0.15, 0.2) is 0 Å². The van der Waals surface area contributed by atoms with Crippen molar-refractivity contribution >= 4 is 0 Å². The van der Waals surface area contributed by atoms with Crippen LogP contribution in [0.25, 0.3) is 11.5 Å². The van der Waals surface area contributed by atoms with Gasteiger partial charge in [-0.05, 0) is 5.54 Å². The molecule has 9 heteroatoms. The summed E-state index contributed by atoms with van der Waals surface area (Å²) in [5.74, 6) is 0. The van der Waals surface area contributed by atoms with Gasteiger partial charge in [-0.1, -0.05) is 5.54 Å². The zero-order valence-corrected chi connectivity index (χ0v) is 10.2. The first kappa shape index (κ1) is 22.4. The summed E-state index contributed by atoms with van der Waals surface area (Å²) in [6.45, 7) is -2.71. The zero-order valence-electron chi connectivity index (χ0n) is 9.28. The topological polar surface area (TPSA) is 172 Å². The van der Waals surface area contributed by atoms with E-state index in [9.17, 15) is 0 Å². The van der Waals surface area contributed by atoms with Crippen LogP contribution in [-0.4, -0.2) is 81.4 Å². The van der Waals surface area contributed by atoms with Crippen molar-refractivity contribution in [3.8, 4) is 0 Å². The Morgan fingerprint density at radius 1 is 0.706 bits per heavy atom. The minimum atomic E-state index is -1.46. The molecule has 0 aliphatic carbocycles. The molecule has 0 unspecified atom stereocenters.